The summed E-state index contributed by atoms with van der Waals surface area (Å²) in [6, 6.07) is 11.4. The summed E-state index contributed by atoms with van der Waals surface area (Å²) in [4.78, 5) is 18.2. The number of benzene rings is 2. The van der Waals surface area contributed by atoms with Gasteiger partial charge in [0.1, 0.15) is 0 Å². The van der Waals surface area contributed by atoms with Gasteiger partial charge < -0.3 is 4.90 Å². The van der Waals surface area contributed by atoms with Crippen molar-refractivity contribution in [2.75, 3.05) is 11.9 Å². The fourth-order valence-electron chi connectivity index (χ4n) is 2.62. The highest BCUT2D eigenvalue weighted by molar-refractivity contribution is 6.07. The molecule has 1 unspecified atom stereocenters. The second kappa shape index (κ2) is 5.45. The van der Waals surface area contributed by atoms with Crippen molar-refractivity contribution < 1.29 is 18.0 Å². The number of alkyl halides is 3. The number of aliphatic imine (C=N–C) groups is 1. The molecule has 0 saturated carbocycles. The topological polar surface area (TPSA) is 58.7 Å². The summed E-state index contributed by atoms with van der Waals surface area (Å²) >= 11 is 0. The molecule has 0 fully saturated rings. The van der Waals surface area contributed by atoms with E-state index in [9.17, 15) is 18.0 Å². The molecule has 1 aliphatic heterocycles. The molecule has 2 aromatic rings. The van der Waals surface area contributed by atoms with Crippen LogP contribution in [0.4, 0.5) is 18.9 Å². The van der Waals surface area contributed by atoms with Crippen LogP contribution in [0.15, 0.2) is 53.5 Å². The van der Waals surface area contributed by atoms with Crippen LogP contribution in [0.2, 0.25) is 0 Å². The summed E-state index contributed by atoms with van der Waals surface area (Å²) in [5.41, 5.74) is 4.58. The number of anilines is 1. The molecule has 2 aromatic carbocycles. The van der Waals surface area contributed by atoms with E-state index < -0.39 is 23.3 Å². The number of rotatable bonds is 1. The van der Waals surface area contributed by atoms with Gasteiger partial charge in [0.15, 0.2) is 0 Å². The van der Waals surface area contributed by atoms with Gasteiger partial charge in [-0.05, 0) is 18.2 Å². The largest absolute Gasteiger partial charge is 0.416 e. The number of carbonyl (C=O) groups is 1. The van der Waals surface area contributed by atoms with Crippen molar-refractivity contribution in [3.8, 4) is 0 Å². The van der Waals surface area contributed by atoms with E-state index in [1.54, 1.807) is 24.3 Å². The number of amides is 1. The number of nitrogens with zero attached hydrogens (tertiary/aromatic N) is 2. The molecule has 1 heterocycles. The van der Waals surface area contributed by atoms with Crippen LogP contribution >= 0.6 is 0 Å². The molecule has 1 amide bonds. The summed E-state index contributed by atoms with van der Waals surface area (Å²) in [7, 11) is 1.52. The Hall–Kier alpha value is -2.67. The lowest BCUT2D eigenvalue weighted by Gasteiger charge is -2.28. The number of benzodiazepines with no additional fused rings is 1. The Balaban J connectivity index is 2.13. The van der Waals surface area contributed by atoms with Crippen molar-refractivity contribution in [2.24, 2.45) is 10.7 Å². The average Bonchev–Trinajstić information content (AvgIpc) is 2.66. The standard InChI is InChI=1S/C17H14F3N3O/c1-23-14-8-3-2-5-11(14)10-22-16(21,15(23)24)12-6-4-7-13(9-12)17(18,19)20/h2-10H,21H2,1H3. The SMILES string of the molecule is CN1C(=O)C(N)(c2cccc(C(F)(F)F)c2)N=Cc2ccccc21. The summed E-state index contributed by atoms with van der Waals surface area (Å²) < 4.78 is 38.9. The van der Waals surface area contributed by atoms with Crippen LogP contribution in [-0.4, -0.2) is 19.2 Å². The van der Waals surface area contributed by atoms with Crippen LogP contribution in [0.1, 0.15) is 16.7 Å². The Morgan fingerprint density at radius 3 is 2.54 bits per heavy atom. The Kier molecular flexibility index (Phi) is 3.68. The zero-order valence-corrected chi connectivity index (χ0v) is 12.7. The van der Waals surface area contributed by atoms with Crippen LogP contribution in [-0.2, 0) is 16.6 Å². The molecule has 1 atom stereocenters. The molecule has 0 saturated heterocycles. The highest BCUT2D eigenvalue weighted by atomic mass is 19.4. The summed E-state index contributed by atoms with van der Waals surface area (Å²) in [6.07, 6.45) is -3.12. The van der Waals surface area contributed by atoms with Crippen LogP contribution in [0.5, 0.6) is 0 Å². The van der Waals surface area contributed by atoms with Crippen LogP contribution in [0.3, 0.4) is 0 Å². The Morgan fingerprint density at radius 2 is 1.83 bits per heavy atom. The van der Waals surface area contributed by atoms with Gasteiger partial charge in [0.2, 0.25) is 5.66 Å². The maximum absolute atomic E-state index is 13.0. The lowest BCUT2D eigenvalue weighted by molar-refractivity contribution is -0.137. The number of nitrogens with two attached hydrogens (primary N) is 1. The van der Waals surface area contributed by atoms with Crippen LogP contribution < -0.4 is 10.6 Å². The second-order valence-corrected chi connectivity index (χ2v) is 5.53. The quantitative estimate of drug-likeness (QED) is 0.872. The number of para-hydroxylation sites is 1. The predicted octanol–water partition coefficient (Wildman–Crippen LogP) is 2.91. The van der Waals surface area contributed by atoms with Crippen molar-refractivity contribution in [3.05, 3.63) is 65.2 Å². The molecular weight excluding hydrogens is 319 g/mol. The molecule has 0 bridgehead atoms. The minimum absolute atomic E-state index is 0.0155. The molecule has 0 radical (unpaired) electrons. The molecule has 124 valence electrons. The fourth-order valence-corrected chi connectivity index (χ4v) is 2.62. The summed E-state index contributed by atoms with van der Waals surface area (Å²) in [5.74, 6) is -0.608. The number of hydrogen-bond donors (Lipinski definition) is 1. The number of halogens is 3. The minimum Gasteiger partial charge on any atom is -0.311 e. The van der Waals surface area contributed by atoms with E-state index in [0.717, 1.165) is 12.1 Å². The zero-order valence-electron chi connectivity index (χ0n) is 12.7. The Bertz CT molecular complexity index is 832. The number of fused-ring (bicyclic) bond motifs is 1. The van der Waals surface area contributed by atoms with Gasteiger partial charge in [-0.2, -0.15) is 13.2 Å². The number of likely N-dealkylation sites (N-methyl/N-ethyl adjacent to an activating group) is 1. The Morgan fingerprint density at radius 1 is 1.12 bits per heavy atom. The average molecular weight is 333 g/mol. The highest BCUT2D eigenvalue weighted by Crippen LogP contribution is 2.34. The molecule has 7 heteroatoms. The first-order chi connectivity index (χ1) is 11.2. The first-order valence-electron chi connectivity index (χ1n) is 7.12. The lowest BCUT2D eigenvalue weighted by Crippen LogP contribution is -2.50. The van der Waals surface area contributed by atoms with Gasteiger partial charge >= 0.3 is 6.18 Å². The molecule has 24 heavy (non-hydrogen) atoms. The predicted molar refractivity (Wildman–Crippen MR) is 84.8 cm³/mol. The maximum atomic E-state index is 13.0. The van der Waals surface area contributed by atoms with Crippen molar-refractivity contribution in [1.29, 1.82) is 0 Å². The number of hydrogen-bond acceptors (Lipinski definition) is 3. The van der Waals surface area contributed by atoms with Gasteiger partial charge in [0, 0.05) is 24.4 Å². The monoisotopic (exact) mass is 333 g/mol. The number of carbonyl (C=O) groups excluding carboxylic acids is 1. The maximum Gasteiger partial charge on any atom is 0.416 e. The summed E-state index contributed by atoms with van der Waals surface area (Å²) in [5, 5.41) is 0. The van der Waals surface area contributed by atoms with Gasteiger partial charge in [-0.25, -0.2) is 0 Å². The van der Waals surface area contributed by atoms with E-state index in [4.69, 9.17) is 5.73 Å². The van der Waals surface area contributed by atoms with E-state index in [1.165, 1.54) is 30.3 Å². The van der Waals surface area contributed by atoms with Crippen molar-refractivity contribution in [3.63, 3.8) is 0 Å². The van der Waals surface area contributed by atoms with E-state index in [1.807, 2.05) is 0 Å². The van der Waals surface area contributed by atoms with Crippen molar-refractivity contribution in [2.45, 2.75) is 11.8 Å². The van der Waals surface area contributed by atoms with Gasteiger partial charge in [-0.1, -0.05) is 30.3 Å². The lowest BCUT2D eigenvalue weighted by atomic mass is 9.97. The summed E-state index contributed by atoms with van der Waals surface area (Å²) in [6.45, 7) is 0. The zero-order chi connectivity index (χ0) is 17.5. The van der Waals surface area contributed by atoms with Crippen molar-refractivity contribution >= 4 is 17.8 Å². The van der Waals surface area contributed by atoms with Gasteiger partial charge in [0.05, 0.1) is 11.3 Å². The third kappa shape index (κ3) is 2.56. The second-order valence-electron chi connectivity index (χ2n) is 5.53. The molecule has 1 aliphatic rings. The van der Waals surface area contributed by atoms with E-state index in [-0.39, 0.29) is 5.56 Å². The Labute approximate surface area is 136 Å². The van der Waals surface area contributed by atoms with E-state index in [2.05, 4.69) is 4.99 Å². The minimum atomic E-state index is -4.53. The first kappa shape index (κ1) is 16.2. The molecule has 4 nitrogen and oxygen atoms in total. The van der Waals surface area contributed by atoms with Gasteiger partial charge in [0.25, 0.3) is 5.91 Å². The molecule has 0 spiro atoms. The third-order valence-electron chi connectivity index (χ3n) is 3.97. The normalized spacial score (nSPS) is 20.7. The van der Waals surface area contributed by atoms with Gasteiger partial charge in [-0.15, -0.1) is 0 Å². The fraction of sp³-hybridized carbons (Fsp3) is 0.176. The molecule has 0 aliphatic carbocycles. The third-order valence-corrected chi connectivity index (χ3v) is 3.97. The molecule has 0 aromatic heterocycles. The molecular formula is C17H14F3N3O. The first-order valence-corrected chi connectivity index (χ1v) is 7.12. The van der Waals surface area contributed by atoms with Crippen molar-refractivity contribution in [1.82, 2.24) is 0 Å². The molecule has 3 rings (SSSR count). The van der Waals surface area contributed by atoms with E-state index in [0.29, 0.717) is 11.3 Å². The molecule has 2 N–H and O–H groups in total. The van der Waals surface area contributed by atoms with Crippen LogP contribution in [0.25, 0.3) is 0 Å². The van der Waals surface area contributed by atoms with Gasteiger partial charge in [-0.3, -0.25) is 15.5 Å². The highest BCUT2D eigenvalue weighted by Gasteiger charge is 2.41. The smallest absolute Gasteiger partial charge is 0.311 e. The van der Waals surface area contributed by atoms with E-state index >= 15 is 0 Å². The van der Waals surface area contributed by atoms with Crippen LogP contribution in [0, 0.1) is 0 Å².